The van der Waals surface area contributed by atoms with Crippen LogP contribution in [-0.2, 0) is 6.42 Å². The summed E-state index contributed by atoms with van der Waals surface area (Å²) >= 11 is 7.37. The number of H-pyrrole nitrogens is 1. The molecule has 0 fully saturated rings. The van der Waals surface area contributed by atoms with Crippen molar-refractivity contribution in [3.63, 3.8) is 0 Å². The average molecular weight is 424 g/mol. The van der Waals surface area contributed by atoms with E-state index in [4.69, 9.17) is 22.3 Å². The highest BCUT2D eigenvalue weighted by Crippen LogP contribution is 2.28. The molecule has 0 spiro atoms. The van der Waals surface area contributed by atoms with Crippen LogP contribution in [-0.4, -0.2) is 27.4 Å². The number of thiazole rings is 1. The second kappa shape index (κ2) is 8.57. The minimum atomic E-state index is -0.302. The number of benzene rings is 2. The van der Waals surface area contributed by atoms with E-state index in [-0.39, 0.29) is 5.91 Å². The molecule has 4 rings (SSSR count). The Bertz CT molecular complexity index is 1110. The highest BCUT2D eigenvalue weighted by molar-refractivity contribution is 7.13. The number of hydrogen-bond donors (Lipinski definition) is 3. The van der Waals surface area contributed by atoms with Gasteiger partial charge in [0.25, 0.3) is 5.91 Å². The third-order valence-corrected chi connectivity index (χ3v) is 5.30. The molecule has 2 aromatic heterocycles. The fourth-order valence-electron chi connectivity index (χ4n) is 2.93. The number of amides is 1. The van der Waals surface area contributed by atoms with Crippen LogP contribution in [0.15, 0.2) is 60.1 Å². The lowest BCUT2D eigenvalue weighted by molar-refractivity contribution is 0.102. The summed E-state index contributed by atoms with van der Waals surface area (Å²) in [6.07, 6.45) is 2.46. The number of aromatic amines is 1. The van der Waals surface area contributed by atoms with Gasteiger partial charge in [0.15, 0.2) is 5.13 Å². The summed E-state index contributed by atoms with van der Waals surface area (Å²) in [6.45, 7) is 0.599. The molecule has 0 saturated carbocycles. The summed E-state index contributed by atoms with van der Waals surface area (Å²) in [6, 6.07) is 15.2. The van der Waals surface area contributed by atoms with Gasteiger partial charge in [-0.1, -0.05) is 48.0 Å². The summed E-state index contributed by atoms with van der Waals surface area (Å²) in [5.74, 6) is 0.307. The van der Waals surface area contributed by atoms with Gasteiger partial charge < -0.3 is 10.7 Å². The van der Waals surface area contributed by atoms with Crippen LogP contribution in [0.25, 0.3) is 22.6 Å². The van der Waals surface area contributed by atoms with Crippen LogP contribution in [0.1, 0.15) is 16.1 Å². The van der Waals surface area contributed by atoms with E-state index in [2.05, 4.69) is 15.3 Å². The minimum Gasteiger partial charge on any atom is -0.333 e. The molecule has 6 nitrogen and oxygen atoms in total. The van der Waals surface area contributed by atoms with Gasteiger partial charge in [0, 0.05) is 27.7 Å². The molecule has 8 heteroatoms. The van der Waals surface area contributed by atoms with Gasteiger partial charge in [0.2, 0.25) is 0 Å². The summed E-state index contributed by atoms with van der Waals surface area (Å²) < 4.78 is 0. The zero-order valence-corrected chi connectivity index (χ0v) is 16.9. The molecule has 4 N–H and O–H groups in total. The van der Waals surface area contributed by atoms with Gasteiger partial charge in [0.05, 0.1) is 0 Å². The number of halogens is 1. The minimum absolute atomic E-state index is 0.302. The third-order valence-electron chi connectivity index (χ3n) is 4.36. The maximum atomic E-state index is 12.9. The van der Waals surface area contributed by atoms with Crippen LogP contribution in [0, 0.1) is 0 Å². The number of aromatic nitrogens is 3. The second-order valence-electron chi connectivity index (χ2n) is 6.34. The molecule has 0 radical (unpaired) electrons. The topological polar surface area (TPSA) is 96.7 Å². The number of carbonyl (C=O) groups excluding carboxylic acids is 1. The van der Waals surface area contributed by atoms with Crippen molar-refractivity contribution in [2.24, 2.45) is 5.73 Å². The highest BCUT2D eigenvalue weighted by Gasteiger charge is 2.20. The Labute approximate surface area is 176 Å². The molecule has 0 aliphatic rings. The Kier molecular flexibility index (Phi) is 5.71. The van der Waals surface area contributed by atoms with E-state index in [0.29, 0.717) is 33.9 Å². The van der Waals surface area contributed by atoms with Gasteiger partial charge in [-0.2, -0.15) is 0 Å². The molecule has 0 aliphatic carbocycles. The summed E-state index contributed by atoms with van der Waals surface area (Å²) in [5.41, 5.74) is 9.37. The second-order valence-corrected chi connectivity index (χ2v) is 7.67. The SMILES string of the molecule is NCCc1ccc(-c2nc(-c3ccc(Cl)cc3)c(C(=O)Nc3nccs3)[nH]2)cc1. The number of rotatable bonds is 6. The van der Waals surface area contributed by atoms with Crippen LogP contribution in [0.2, 0.25) is 5.02 Å². The Morgan fingerprint density at radius 2 is 1.83 bits per heavy atom. The summed E-state index contributed by atoms with van der Waals surface area (Å²) in [4.78, 5) is 24.9. The van der Waals surface area contributed by atoms with Crippen molar-refractivity contribution in [2.45, 2.75) is 6.42 Å². The van der Waals surface area contributed by atoms with Crippen LogP contribution >= 0.6 is 22.9 Å². The molecule has 2 aromatic carbocycles. The number of imidazole rings is 1. The van der Waals surface area contributed by atoms with Crippen LogP contribution in [0.5, 0.6) is 0 Å². The lowest BCUT2D eigenvalue weighted by Gasteiger charge is -2.03. The molecule has 0 unspecified atom stereocenters. The fourth-order valence-corrected chi connectivity index (χ4v) is 3.58. The van der Waals surface area contributed by atoms with E-state index in [0.717, 1.165) is 23.1 Å². The molecule has 0 saturated heterocycles. The van der Waals surface area contributed by atoms with Crippen molar-refractivity contribution >= 4 is 34.0 Å². The molecular formula is C21H18ClN5OS. The number of nitrogens with one attached hydrogen (secondary N) is 2. The Morgan fingerprint density at radius 3 is 2.48 bits per heavy atom. The van der Waals surface area contributed by atoms with Gasteiger partial charge in [-0.25, -0.2) is 9.97 Å². The zero-order chi connectivity index (χ0) is 20.2. The molecule has 0 bridgehead atoms. The van der Waals surface area contributed by atoms with Gasteiger partial charge >= 0.3 is 0 Å². The first-order valence-corrected chi connectivity index (χ1v) is 10.3. The number of nitrogens with two attached hydrogens (primary N) is 1. The zero-order valence-electron chi connectivity index (χ0n) is 15.4. The first-order chi connectivity index (χ1) is 14.1. The van der Waals surface area contributed by atoms with Gasteiger partial charge in [-0.3, -0.25) is 10.1 Å². The number of anilines is 1. The molecular weight excluding hydrogens is 406 g/mol. The first kappa shape index (κ1) is 19.3. The number of carbonyl (C=O) groups is 1. The normalized spacial score (nSPS) is 10.8. The van der Waals surface area contributed by atoms with Gasteiger partial charge in [0.1, 0.15) is 17.2 Å². The number of hydrogen-bond acceptors (Lipinski definition) is 5. The van der Waals surface area contributed by atoms with E-state index in [9.17, 15) is 4.79 Å². The molecule has 0 atom stereocenters. The van der Waals surface area contributed by atoms with Gasteiger partial charge in [-0.05, 0) is 30.7 Å². The molecule has 0 aliphatic heterocycles. The Balaban J connectivity index is 1.73. The van der Waals surface area contributed by atoms with Crippen molar-refractivity contribution in [2.75, 3.05) is 11.9 Å². The van der Waals surface area contributed by atoms with Crippen LogP contribution in [0.4, 0.5) is 5.13 Å². The smallest absolute Gasteiger partial charge is 0.276 e. The summed E-state index contributed by atoms with van der Waals surface area (Å²) in [7, 11) is 0. The maximum Gasteiger partial charge on any atom is 0.276 e. The molecule has 29 heavy (non-hydrogen) atoms. The lowest BCUT2D eigenvalue weighted by atomic mass is 10.1. The van der Waals surface area contributed by atoms with Gasteiger partial charge in [-0.15, -0.1) is 11.3 Å². The predicted octanol–water partition coefficient (Wildman–Crippen LogP) is 4.61. The van der Waals surface area contributed by atoms with Crippen LogP contribution < -0.4 is 11.1 Å². The Morgan fingerprint density at radius 1 is 1.10 bits per heavy atom. The van der Waals surface area contributed by atoms with E-state index in [1.165, 1.54) is 11.3 Å². The molecule has 4 aromatic rings. The fraction of sp³-hybridized carbons (Fsp3) is 0.0952. The summed E-state index contributed by atoms with van der Waals surface area (Å²) in [5, 5.41) is 5.76. The standard InChI is InChI=1S/C21H18ClN5OS/c22-16-7-5-14(6-8-16)17-18(20(28)27-21-24-11-12-29-21)26-19(25-17)15-3-1-13(2-4-15)9-10-23/h1-8,11-12H,9-10,23H2,(H,25,26)(H,24,27,28). The number of nitrogens with zero attached hydrogens (tertiary/aromatic N) is 2. The molecule has 146 valence electrons. The lowest BCUT2D eigenvalue weighted by Crippen LogP contribution is -2.13. The first-order valence-electron chi connectivity index (χ1n) is 9.00. The van der Waals surface area contributed by atoms with E-state index >= 15 is 0 Å². The predicted molar refractivity (Wildman–Crippen MR) is 117 cm³/mol. The van der Waals surface area contributed by atoms with Crippen LogP contribution in [0.3, 0.4) is 0 Å². The largest absolute Gasteiger partial charge is 0.333 e. The monoisotopic (exact) mass is 423 g/mol. The Hall–Kier alpha value is -3.00. The quantitative estimate of drug-likeness (QED) is 0.422. The van der Waals surface area contributed by atoms with E-state index in [1.54, 1.807) is 23.7 Å². The van der Waals surface area contributed by atoms with Crippen molar-refractivity contribution in [1.29, 1.82) is 0 Å². The maximum absolute atomic E-state index is 12.9. The van der Waals surface area contributed by atoms with Crippen molar-refractivity contribution in [1.82, 2.24) is 15.0 Å². The highest BCUT2D eigenvalue weighted by atomic mass is 35.5. The van der Waals surface area contributed by atoms with Crippen molar-refractivity contribution < 1.29 is 4.79 Å². The van der Waals surface area contributed by atoms with Crippen molar-refractivity contribution in [3.8, 4) is 22.6 Å². The van der Waals surface area contributed by atoms with Crippen molar-refractivity contribution in [3.05, 3.63) is 76.4 Å². The molecule has 1 amide bonds. The molecule has 2 heterocycles. The van der Waals surface area contributed by atoms with E-state index in [1.807, 2.05) is 36.4 Å². The average Bonchev–Trinajstić information content (AvgIpc) is 3.39. The van der Waals surface area contributed by atoms with E-state index < -0.39 is 0 Å². The third kappa shape index (κ3) is 4.37.